The van der Waals surface area contributed by atoms with Crippen molar-refractivity contribution in [3.63, 3.8) is 0 Å². The minimum atomic E-state index is 0.000364. The van der Waals surface area contributed by atoms with Crippen LogP contribution in [0.3, 0.4) is 0 Å². The Balaban J connectivity index is 2.74. The molecule has 1 aromatic rings. The van der Waals surface area contributed by atoms with Crippen molar-refractivity contribution < 1.29 is 9.26 Å². The molecule has 16 heavy (non-hydrogen) atoms. The number of ether oxygens (including phenoxy) is 1. The van der Waals surface area contributed by atoms with Gasteiger partial charge in [0.05, 0.1) is 5.92 Å². The third-order valence-electron chi connectivity index (χ3n) is 2.49. The maximum Gasteiger partial charge on any atom is 0.231 e. The number of rotatable bonds is 6. The Labute approximate surface area is 96.4 Å². The smallest absolute Gasteiger partial charge is 0.231 e. The Morgan fingerprint density at radius 2 is 2.06 bits per heavy atom. The van der Waals surface area contributed by atoms with E-state index in [1.807, 2.05) is 13.8 Å². The van der Waals surface area contributed by atoms with Crippen LogP contribution in [0.25, 0.3) is 0 Å². The molecule has 0 aliphatic carbocycles. The number of aromatic nitrogens is 2. The maximum absolute atomic E-state index is 5.92. The van der Waals surface area contributed by atoms with Crippen LogP contribution in [0.4, 0.5) is 0 Å². The molecule has 2 N–H and O–H groups in total. The van der Waals surface area contributed by atoms with E-state index >= 15 is 0 Å². The average Bonchev–Trinajstić information content (AvgIpc) is 2.62. The van der Waals surface area contributed by atoms with Gasteiger partial charge in [0.2, 0.25) is 5.89 Å². The fraction of sp³-hybridized carbons (Fsp3) is 0.818. The minimum absolute atomic E-state index is 0.000364. The molecule has 0 saturated heterocycles. The lowest BCUT2D eigenvalue weighted by Gasteiger charge is -2.20. The molecule has 2 unspecified atom stereocenters. The zero-order chi connectivity index (χ0) is 12.1. The summed E-state index contributed by atoms with van der Waals surface area (Å²) in [7, 11) is 0. The van der Waals surface area contributed by atoms with Crippen molar-refractivity contribution in [3.05, 3.63) is 11.7 Å². The van der Waals surface area contributed by atoms with Crippen LogP contribution < -0.4 is 5.73 Å². The SMILES string of the molecule is CCOCc1noc(C(C(C)C)C(C)N)n1. The predicted molar refractivity (Wildman–Crippen MR) is 60.9 cm³/mol. The van der Waals surface area contributed by atoms with E-state index in [9.17, 15) is 0 Å². The molecule has 5 nitrogen and oxygen atoms in total. The summed E-state index contributed by atoms with van der Waals surface area (Å²) < 4.78 is 10.4. The van der Waals surface area contributed by atoms with E-state index in [1.165, 1.54) is 0 Å². The number of hydrogen-bond acceptors (Lipinski definition) is 5. The van der Waals surface area contributed by atoms with Crippen LogP contribution in [-0.2, 0) is 11.3 Å². The largest absolute Gasteiger partial charge is 0.374 e. The van der Waals surface area contributed by atoms with Crippen molar-refractivity contribution in [1.29, 1.82) is 0 Å². The summed E-state index contributed by atoms with van der Waals surface area (Å²) in [6.45, 7) is 9.12. The molecule has 1 aromatic heterocycles. The topological polar surface area (TPSA) is 74.2 Å². The lowest BCUT2D eigenvalue weighted by atomic mass is 9.90. The molecule has 1 rings (SSSR count). The van der Waals surface area contributed by atoms with Crippen molar-refractivity contribution in [1.82, 2.24) is 10.1 Å². The van der Waals surface area contributed by atoms with Gasteiger partial charge >= 0.3 is 0 Å². The van der Waals surface area contributed by atoms with Crippen LogP contribution in [0.5, 0.6) is 0 Å². The Morgan fingerprint density at radius 3 is 2.56 bits per heavy atom. The molecule has 1 heterocycles. The molecule has 0 aliphatic rings. The first-order valence-corrected chi connectivity index (χ1v) is 5.72. The molecular formula is C11H21N3O2. The van der Waals surface area contributed by atoms with Gasteiger partial charge in [0, 0.05) is 12.6 Å². The summed E-state index contributed by atoms with van der Waals surface area (Å²) in [6.07, 6.45) is 0. The molecule has 0 spiro atoms. The van der Waals surface area contributed by atoms with Crippen molar-refractivity contribution in [3.8, 4) is 0 Å². The molecule has 0 fully saturated rings. The summed E-state index contributed by atoms with van der Waals surface area (Å²) in [5.41, 5.74) is 5.92. The Morgan fingerprint density at radius 1 is 1.38 bits per heavy atom. The molecular weight excluding hydrogens is 206 g/mol. The molecule has 2 atom stereocenters. The molecule has 0 radical (unpaired) electrons. The van der Waals surface area contributed by atoms with Crippen molar-refractivity contribution in [2.75, 3.05) is 6.61 Å². The van der Waals surface area contributed by atoms with Gasteiger partial charge in [-0.25, -0.2) is 0 Å². The van der Waals surface area contributed by atoms with E-state index < -0.39 is 0 Å². The van der Waals surface area contributed by atoms with E-state index in [-0.39, 0.29) is 12.0 Å². The first kappa shape index (κ1) is 13.1. The first-order valence-electron chi connectivity index (χ1n) is 5.72. The lowest BCUT2D eigenvalue weighted by molar-refractivity contribution is 0.126. The molecule has 0 bridgehead atoms. The molecule has 0 saturated carbocycles. The fourth-order valence-electron chi connectivity index (χ4n) is 1.77. The fourth-order valence-corrected chi connectivity index (χ4v) is 1.77. The van der Waals surface area contributed by atoms with Crippen LogP contribution in [0.15, 0.2) is 4.52 Å². The Bertz CT molecular complexity index is 302. The van der Waals surface area contributed by atoms with Gasteiger partial charge in [0.15, 0.2) is 5.82 Å². The Kier molecular flexibility index (Phi) is 4.89. The van der Waals surface area contributed by atoms with Gasteiger partial charge in [-0.2, -0.15) is 4.98 Å². The van der Waals surface area contributed by atoms with Gasteiger partial charge in [-0.3, -0.25) is 0 Å². The lowest BCUT2D eigenvalue weighted by Crippen LogP contribution is -2.28. The molecule has 0 amide bonds. The van der Waals surface area contributed by atoms with Crippen LogP contribution in [0.1, 0.15) is 45.3 Å². The van der Waals surface area contributed by atoms with Gasteiger partial charge < -0.3 is 15.0 Å². The molecule has 5 heteroatoms. The van der Waals surface area contributed by atoms with Gasteiger partial charge in [-0.15, -0.1) is 0 Å². The summed E-state index contributed by atoms with van der Waals surface area (Å²) in [4.78, 5) is 4.31. The highest BCUT2D eigenvalue weighted by Crippen LogP contribution is 2.25. The van der Waals surface area contributed by atoms with Crippen LogP contribution in [-0.4, -0.2) is 22.8 Å². The van der Waals surface area contributed by atoms with Crippen molar-refractivity contribution >= 4 is 0 Å². The zero-order valence-corrected chi connectivity index (χ0v) is 10.4. The molecule has 0 aromatic carbocycles. The second kappa shape index (κ2) is 5.96. The van der Waals surface area contributed by atoms with E-state index in [1.54, 1.807) is 0 Å². The van der Waals surface area contributed by atoms with Crippen molar-refractivity contribution in [2.24, 2.45) is 11.7 Å². The van der Waals surface area contributed by atoms with E-state index in [2.05, 4.69) is 24.0 Å². The van der Waals surface area contributed by atoms with E-state index in [0.29, 0.717) is 30.8 Å². The van der Waals surface area contributed by atoms with Crippen molar-refractivity contribution in [2.45, 2.75) is 46.3 Å². The summed E-state index contributed by atoms with van der Waals surface area (Å²) in [6, 6.07) is 0.000364. The van der Waals surface area contributed by atoms with Gasteiger partial charge in [-0.1, -0.05) is 19.0 Å². The van der Waals surface area contributed by atoms with E-state index in [0.717, 1.165) is 0 Å². The summed E-state index contributed by atoms with van der Waals surface area (Å²) >= 11 is 0. The zero-order valence-electron chi connectivity index (χ0n) is 10.4. The second-order valence-corrected chi connectivity index (χ2v) is 4.31. The molecule has 92 valence electrons. The molecule has 0 aliphatic heterocycles. The first-order chi connectivity index (χ1) is 7.56. The highest BCUT2D eigenvalue weighted by molar-refractivity contribution is 4.98. The second-order valence-electron chi connectivity index (χ2n) is 4.31. The monoisotopic (exact) mass is 227 g/mol. The minimum Gasteiger partial charge on any atom is -0.374 e. The summed E-state index contributed by atoms with van der Waals surface area (Å²) in [5, 5.41) is 3.87. The quantitative estimate of drug-likeness (QED) is 0.800. The predicted octanol–water partition coefficient (Wildman–Crippen LogP) is 1.69. The number of nitrogens with zero attached hydrogens (tertiary/aromatic N) is 2. The Hall–Kier alpha value is -0.940. The van der Waals surface area contributed by atoms with Crippen LogP contribution >= 0.6 is 0 Å². The van der Waals surface area contributed by atoms with Crippen LogP contribution in [0.2, 0.25) is 0 Å². The average molecular weight is 227 g/mol. The van der Waals surface area contributed by atoms with Gasteiger partial charge in [0.25, 0.3) is 0 Å². The number of nitrogens with two attached hydrogens (primary N) is 1. The maximum atomic E-state index is 5.92. The van der Waals surface area contributed by atoms with Gasteiger partial charge in [-0.05, 0) is 19.8 Å². The highest BCUT2D eigenvalue weighted by atomic mass is 16.5. The van der Waals surface area contributed by atoms with E-state index in [4.69, 9.17) is 15.0 Å². The highest BCUT2D eigenvalue weighted by Gasteiger charge is 2.26. The third-order valence-corrected chi connectivity index (χ3v) is 2.49. The van der Waals surface area contributed by atoms with Gasteiger partial charge in [0.1, 0.15) is 6.61 Å². The third kappa shape index (κ3) is 3.28. The normalized spacial score (nSPS) is 15.4. The summed E-state index contributed by atoms with van der Waals surface area (Å²) in [5.74, 6) is 1.67. The standard InChI is InChI=1S/C11H21N3O2/c1-5-15-6-9-13-11(16-14-9)10(7(2)3)8(4)12/h7-8,10H,5-6,12H2,1-4H3. The number of hydrogen-bond donors (Lipinski definition) is 1. The van der Waals surface area contributed by atoms with Crippen LogP contribution in [0, 0.1) is 5.92 Å².